The molecule has 1 saturated heterocycles. The second-order valence-corrected chi connectivity index (χ2v) is 5.04. The molecule has 0 amide bonds. The van der Waals surface area contributed by atoms with Crippen LogP contribution in [0.1, 0.15) is 24.5 Å². The van der Waals surface area contributed by atoms with Gasteiger partial charge in [0.25, 0.3) is 0 Å². The Bertz CT molecular complexity index is 430. The number of aliphatic hydroxyl groups is 1. The summed E-state index contributed by atoms with van der Waals surface area (Å²) in [5.74, 6) is 1.23. The molecule has 0 radical (unpaired) electrons. The summed E-state index contributed by atoms with van der Waals surface area (Å²) in [4.78, 5) is 0. The Morgan fingerprint density at radius 1 is 1.26 bits per heavy atom. The number of halogens is 1. The normalized spacial score (nSPS) is 18.1. The third kappa shape index (κ3) is 3.14. The first kappa shape index (κ1) is 14.4. The third-order valence-corrected chi connectivity index (χ3v) is 3.79. The average Bonchev–Trinajstić information content (AvgIpc) is 2.46. The van der Waals surface area contributed by atoms with Crippen LogP contribution in [-0.2, 0) is 4.74 Å². The first-order valence-electron chi connectivity index (χ1n) is 6.34. The predicted molar refractivity (Wildman–Crippen MR) is 73.1 cm³/mol. The zero-order valence-electron chi connectivity index (χ0n) is 11.2. The highest BCUT2D eigenvalue weighted by molar-refractivity contribution is 6.32. The van der Waals surface area contributed by atoms with Crippen molar-refractivity contribution in [1.29, 1.82) is 0 Å². The number of hydrogen-bond acceptors (Lipinski definition) is 4. The molecule has 19 heavy (non-hydrogen) atoms. The first-order chi connectivity index (χ1) is 9.17. The van der Waals surface area contributed by atoms with E-state index in [-0.39, 0.29) is 5.92 Å². The number of aliphatic hydroxyl groups excluding tert-OH is 1. The van der Waals surface area contributed by atoms with Gasteiger partial charge in [-0.3, -0.25) is 0 Å². The maximum absolute atomic E-state index is 10.4. The van der Waals surface area contributed by atoms with Crippen molar-refractivity contribution in [2.75, 3.05) is 27.4 Å². The van der Waals surface area contributed by atoms with Crippen molar-refractivity contribution in [3.05, 3.63) is 22.7 Å². The summed E-state index contributed by atoms with van der Waals surface area (Å²) < 4.78 is 15.7. The van der Waals surface area contributed by atoms with E-state index in [0.29, 0.717) is 29.7 Å². The Balaban J connectivity index is 2.26. The zero-order valence-corrected chi connectivity index (χ0v) is 11.9. The molecule has 2 rings (SSSR count). The largest absolute Gasteiger partial charge is 0.493 e. The predicted octanol–water partition coefficient (Wildman–Crippen LogP) is 2.82. The molecule has 1 heterocycles. The number of hydrogen-bond donors (Lipinski definition) is 1. The van der Waals surface area contributed by atoms with Crippen molar-refractivity contribution < 1.29 is 19.3 Å². The molecule has 0 aliphatic carbocycles. The van der Waals surface area contributed by atoms with Crippen LogP contribution in [-0.4, -0.2) is 32.5 Å². The fourth-order valence-electron chi connectivity index (χ4n) is 2.41. The summed E-state index contributed by atoms with van der Waals surface area (Å²) in [6.45, 7) is 1.39. The minimum Gasteiger partial charge on any atom is -0.493 e. The van der Waals surface area contributed by atoms with Gasteiger partial charge in [-0.25, -0.2) is 0 Å². The van der Waals surface area contributed by atoms with Crippen molar-refractivity contribution in [3.8, 4) is 11.5 Å². The summed E-state index contributed by atoms with van der Waals surface area (Å²) in [7, 11) is 3.09. The average molecular weight is 287 g/mol. The molecule has 106 valence electrons. The van der Waals surface area contributed by atoms with Crippen LogP contribution < -0.4 is 9.47 Å². The van der Waals surface area contributed by atoms with Crippen LogP contribution in [0.2, 0.25) is 5.02 Å². The summed E-state index contributed by atoms with van der Waals surface area (Å²) in [5.41, 5.74) is 0.759. The van der Waals surface area contributed by atoms with Gasteiger partial charge in [-0.1, -0.05) is 11.6 Å². The Morgan fingerprint density at radius 2 is 1.95 bits per heavy atom. The number of benzene rings is 1. The highest BCUT2D eigenvalue weighted by Crippen LogP contribution is 2.40. The van der Waals surface area contributed by atoms with Gasteiger partial charge in [-0.15, -0.1) is 0 Å². The van der Waals surface area contributed by atoms with Gasteiger partial charge in [0.2, 0.25) is 0 Å². The van der Waals surface area contributed by atoms with Gasteiger partial charge in [0.1, 0.15) is 0 Å². The van der Waals surface area contributed by atoms with E-state index in [1.165, 1.54) is 7.11 Å². The first-order valence-corrected chi connectivity index (χ1v) is 6.72. The van der Waals surface area contributed by atoms with Gasteiger partial charge >= 0.3 is 0 Å². The lowest BCUT2D eigenvalue weighted by Crippen LogP contribution is -2.22. The quantitative estimate of drug-likeness (QED) is 0.925. The van der Waals surface area contributed by atoms with E-state index >= 15 is 0 Å². The molecule has 1 aromatic rings. The minimum absolute atomic E-state index is 0.197. The Hall–Kier alpha value is -0.970. The second-order valence-electron chi connectivity index (χ2n) is 4.63. The highest BCUT2D eigenvalue weighted by atomic mass is 35.5. The lowest BCUT2D eigenvalue weighted by atomic mass is 9.89. The van der Waals surface area contributed by atoms with Gasteiger partial charge < -0.3 is 19.3 Å². The van der Waals surface area contributed by atoms with Crippen molar-refractivity contribution in [3.63, 3.8) is 0 Å². The molecule has 1 aliphatic rings. The van der Waals surface area contributed by atoms with Crippen LogP contribution in [0.25, 0.3) is 0 Å². The fraction of sp³-hybridized carbons (Fsp3) is 0.571. The van der Waals surface area contributed by atoms with E-state index in [2.05, 4.69) is 0 Å². The molecule has 1 atom stereocenters. The Kier molecular flexibility index (Phi) is 4.91. The van der Waals surface area contributed by atoms with Crippen LogP contribution in [0, 0.1) is 5.92 Å². The van der Waals surface area contributed by atoms with Gasteiger partial charge in [0, 0.05) is 13.2 Å². The SMILES string of the molecule is COc1cc(C(O)C2CCOCC2)cc(Cl)c1OC. The van der Waals surface area contributed by atoms with Crippen LogP contribution in [0.3, 0.4) is 0 Å². The smallest absolute Gasteiger partial charge is 0.179 e. The van der Waals surface area contributed by atoms with Crippen LogP contribution in [0.4, 0.5) is 0 Å². The van der Waals surface area contributed by atoms with E-state index in [0.717, 1.165) is 18.4 Å². The second kappa shape index (κ2) is 6.46. The minimum atomic E-state index is -0.554. The van der Waals surface area contributed by atoms with Crippen LogP contribution in [0.5, 0.6) is 11.5 Å². The van der Waals surface area contributed by atoms with E-state index in [1.54, 1.807) is 19.2 Å². The van der Waals surface area contributed by atoms with Crippen LogP contribution >= 0.6 is 11.6 Å². The van der Waals surface area contributed by atoms with E-state index in [9.17, 15) is 5.11 Å². The molecular weight excluding hydrogens is 268 g/mol. The molecule has 5 heteroatoms. The van der Waals surface area contributed by atoms with E-state index in [4.69, 9.17) is 25.8 Å². The van der Waals surface area contributed by atoms with E-state index < -0.39 is 6.10 Å². The summed E-state index contributed by atoms with van der Waals surface area (Å²) in [6, 6.07) is 3.52. The number of ether oxygens (including phenoxy) is 3. The van der Waals surface area contributed by atoms with Gasteiger partial charge in [0.05, 0.1) is 25.3 Å². The van der Waals surface area contributed by atoms with Gasteiger partial charge in [-0.2, -0.15) is 0 Å². The summed E-state index contributed by atoms with van der Waals surface area (Å²) >= 11 is 6.16. The van der Waals surface area contributed by atoms with Crippen molar-refractivity contribution in [1.82, 2.24) is 0 Å². The highest BCUT2D eigenvalue weighted by Gasteiger charge is 2.25. The van der Waals surface area contributed by atoms with E-state index in [1.807, 2.05) is 0 Å². The van der Waals surface area contributed by atoms with Crippen molar-refractivity contribution >= 4 is 11.6 Å². The maximum atomic E-state index is 10.4. The molecule has 1 fully saturated rings. The topological polar surface area (TPSA) is 47.9 Å². The summed E-state index contributed by atoms with van der Waals surface area (Å²) in [5, 5.41) is 10.9. The standard InChI is InChI=1S/C14H19ClO4/c1-17-12-8-10(7-11(15)14(12)18-2)13(16)9-3-5-19-6-4-9/h7-9,13,16H,3-6H2,1-2H3. The van der Waals surface area contributed by atoms with Crippen molar-refractivity contribution in [2.24, 2.45) is 5.92 Å². The lowest BCUT2D eigenvalue weighted by molar-refractivity contribution is 0.00710. The Labute approximate surface area is 118 Å². The molecule has 1 N–H and O–H groups in total. The zero-order chi connectivity index (χ0) is 13.8. The molecular formula is C14H19ClO4. The fourth-order valence-corrected chi connectivity index (χ4v) is 2.71. The maximum Gasteiger partial charge on any atom is 0.179 e. The molecule has 1 unspecified atom stereocenters. The third-order valence-electron chi connectivity index (χ3n) is 3.51. The molecule has 1 aliphatic heterocycles. The Morgan fingerprint density at radius 3 is 2.53 bits per heavy atom. The molecule has 4 nitrogen and oxygen atoms in total. The molecule has 1 aromatic carbocycles. The molecule has 0 spiro atoms. The van der Waals surface area contributed by atoms with Crippen LogP contribution in [0.15, 0.2) is 12.1 Å². The number of rotatable bonds is 4. The molecule has 0 bridgehead atoms. The summed E-state index contributed by atoms with van der Waals surface area (Å²) in [6.07, 6.45) is 1.15. The lowest BCUT2D eigenvalue weighted by Gasteiger charge is -2.27. The molecule has 0 aromatic heterocycles. The van der Waals surface area contributed by atoms with Gasteiger partial charge in [0.15, 0.2) is 11.5 Å². The number of methoxy groups -OCH3 is 2. The molecule has 0 saturated carbocycles. The van der Waals surface area contributed by atoms with Crippen molar-refractivity contribution in [2.45, 2.75) is 18.9 Å². The monoisotopic (exact) mass is 286 g/mol. The van der Waals surface area contributed by atoms with Gasteiger partial charge in [-0.05, 0) is 36.5 Å².